The van der Waals surface area contributed by atoms with Gasteiger partial charge in [-0.05, 0) is 35.2 Å². The van der Waals surface area contributed by atoms with Crippen molar-refractivity contribution in [1.29, 1.82) is 0 Å². The maximum atomic E-state index is 6.09. The van der Waals surface area contributed by atoms with Crippen molar-refractivity contribution in [2.45, 2.75) is 26.4 Å². The summed E-state index contributed by atoms with van der Waals surface area (Å²) in [5, 5.41) is 1.23. The van der Waals surface area contributed by atoms with E-state index in [1.54, 1.807) is 0 Å². The lowest BCUT2D eigenvalue weighted by Crippen LogP contribution is -2.00. The van der Waals surface area contributed by atoms with E-state index in [-0.39, 0.29) is 0 Å². The van der Waals surface area contributed by atoms with E-state index in [1.807, 2.05) is 18.2 Å². The molecule has 0 N–H and O–H groups in total. The molecule has 1 aromatic heterocycles. The summed E-state index contributed by atoms with van der Waals surface area (Å²) >= 11 is 0. The molecule has 2 nitrogen and oxygen atoms in total. The molecule has 0 spiro atoms. The van der Waals surface area contributed by atoms with E-state index in [2.05, 4.69) is 62.0 Å². The topological polar surface area (TPSA) is 14.2 Å². The Balaban J connectivity index is 1.94. The lowest BCUT2D eigenvalue weighted by molar-refractivity contribution is 0.302. The Bertz CT molecular complexity index is 741. The predicted molar refractivity (Wildman–Crippen MR) is 87.8 cm³/mol. The number of ether oxygens (including phenoxy) is 1. The van der Waals surface area contributed by atoms with Crippen molar-refractivity contribution in [2.75, 3.05) is 0 Å². The minimum Gasteiger partial charge on any atom is -0.489 e. The molecular formula is C19H21NO. The summed E-state index contributed by atoms with van der Waals surface area (Å²) in [6.07, 6.45) is 2.09. The second-order valence-corrected chi connectivity index (χ2v) is 5.80. The van der Waals surface area contributed by atoms with Gasteiger partial charge in [0.25, 0.3) is 0 Å². The molecule has 0 bridgehead atoms. The number of benzene rings is 2. The van der Waals surface area contributed by atoms with Gasteiger partial charge in [-0.3, -0.25) is 0 Å². The Morgan fingerprint density at radius 2 is 1.81 bits per heavy atom. The summed E-state index contributed by atoms with van der Waals surface area (Å²) < 4.78 is 8.25. The number of aromatic nitrogens is 1. The van der Waals surface area contributed by atoms with Gasteiger partial charge in [-0.15, -0.1) is 0 Å². The summed E-state index contributed by atoms with van der Waals surface area (Å²) in [4.78, 5) is 0. The lowest BCUT2D eigenvalue weighted by atomic mass is 10.0. The molecule has 0 saturated carbocycles. The van der Waals surface area contributed by atoms with Gasteiger partial charge in [0, 0.05) is 24.1 Å². The van der Waals surface area contributed by atoms with E-state index in [1.165, 1.54) is 22.0 Å². The zero-order valence-electron chi connectivity index (χ0n) is 12.8. The third kappa shape index (κ3) is 2.80. The maximum absolute atomic E-state index is 6.09. The average Bonchev–Trinajstić information content (AvgIpc) is 2.86. The van der Waals surface area contributed by atoms with Crippen LogP contribution in [0.5, 0.6) is 5.75 Å². The Hall–Kier alpha value is -2.22. The number of hydrogen-bond acceptors (Lipinski definition) is 1. The van der Waals surface area contributed by atoms with Crippen LogP contribution in [0.4, 0.5) is 0 Å². The Morgan fingerprint density at radius 3 is 2.52 bits per heavy atom. The maximum Gasteiger partial charge on any atom is 0.124 e. The fourth-order valence-corrected chi connectivity index (χ4v) is 2.62. The van der Waals surface area contributed by atoms with Crippen molar-refractivity contribution in [3.05, 3.63) is 65.9 Å². The molecular weight excluding hydrogens is 258 g/mol. The molecule has 0 atom stereocenters. The largest absolute Gasteiger partial charge is 0.489 e. The second kappa shape index (κ2) is 5.65. The molecule has 0 radical (unpaired) electrons. The SMILES string of the molecule is CC(C)c1cc2c(ccn2C)cc1OCc1ccccc1. The molecule has 0 amide bonds. The summed E-state index contributed by atoms with van der Waals surface area (Å²) in [5.41, 5.74) is 3.71. The molecule has 0 aliphatic heterocycles. The van der Waals surface area contributed by atoms with Gasteiger partial charge in [-0.25, -0.2) is 0 Å². The molecule has 0 unspecified atom stereocenters. The quantitative estimate of drug-likeness (QED) is 0.664. The molecule has 0 saturated heterocycles. The van der Waals surface area contributed by atoms with Gasteiger partial charge in [-0.2, -0.15) is 0 Å². The summed E-state index contributed by atoms with van der Waals surface area (Å²) in [5.74, 6) is 1.43. The van der Waals surface area contributed by atoms with Crippen molar-refractivity contribution < 1.29 is 4.74 Å². The van der Waals surface area contributed by atoms with Crippen LogP contribution < -0.4 is 4.74 Å². The average molecular weight is 279 g/mol. The van der Waals surface area contributed by atoms with Crippen LogP contribution in [0.2, 0.25) is 0 Å². The zero-order chi connectivity index (χ0) is 14.8. The van der Waals surface area contributed by atoms with E-state index >= 15 is 0 Å². The van der Waals surface area contributed by atoms with Gasteiger partial charge in [0.1, 0.15) is 12.4 Å². The van der Waals surface area contributed by atoms with Crippen LogP contribution in [-0.4, -0.2) is 4.57 Å². The standard InChI is InChI=1S/C19H21NO/c1-14(2)17-12-18-16(9-10-20(18)3)11-19(17)21-13-15-7-5-4-6-8-15/h4-12,14H,13H2,1-3H3. The molecule has 3 aromatic rings. The number of hydrogen-bond donors (Lipinski definition) is 0. The van der Waals surface area contributed by atoms with Crippen molar-refractivity contribution >= 4 is 10.9 Å². The summed E-state index contributed by atoms with van der Waals surface area (Å²) in [7, 11) is 2.08. The highest BCUT2D eigenvalue weighted by atomic mass is 16.5. The van der Waals surface area contributed by atoms with Crippen LogP contribution in [-0.2, 0) is 13.7 Å². The first kappa shape index (κ1) is 13.7. The molecule has 108 valence electrons. The minimum absolute atomic E-state index is 0.440. The Kier molecular flexibility index (Phi) is 3.70. The monoisotopic (exact) mass is 279 g/mol. The van der Waals surface area contributed by atoms with Crippen molar-refractivity contribution in [1.82, 2.24) is 4.57 Å². The van der Waals surface area contributed by atoms with Crippen LogP contribution in [0.1, 0.15) is 30.9 Å². The first-order valence-electron chi connectivity index (χ1n) is 7.41. The van der Waals surface area contributed by atoms with Gasteiger partial charge in [0.05, 0.1) is 0 Å². The van der Waals surface area contributed by atoms with E-state index < -0.39 is 0 Å². The number of nitrogens with zero attached hydrogens (tertiary/aromatic N) is 1. The smallest absolute Gasteiger partial charge is 0.124 e. The fraction of sp³-hybridized carbons (Fsp3) is 0.263. The Labute approximate surface area is 126 Å². The van der Waals surface area contributed by atoms with E-state index in [0.29, 0.717) is 12.5 Å². The number of fused-ring (bicyclic) bond motifs is 1. The lowest BCUT2D eigenvalue weighted by Gasteiger charge is -2.15. The molecule has 2 aromatic carbocycles. The summed E-state index contributed by atoms with van der Waals surface area (Å²) in [6.45, 7) is 5.03. The minimum atomic E-state index is 0.440. The Morgan fingerprint density at radius 1 is 1.05 bits per heavy atom. The molecule has 3 rings (SSSR count). The predicted octanol–water partition coefficient (Wildman–Crippen LogP) is 4.88. The van der Waals surface area contributed by atoms with Gasteiger partial charge in [-0.1, -0.05) is 44.2 Å². The van der Waals surface area contributed by atoms with Gasteiger partial charge < -0.3 is 9.30 Å². The second-order valence-electron chi connectivity index (χ2n) is 5.80. The molecule has 2 heteroatoms. The highest BCUT2D eigenvalue weighted by Gasteiger charge is 2.11. The normalized spacial score (nSPS) is 11.2. The van der Waals surface area contributed by atoms with Gasteiger partial charge in [0.15, 0.2) is 0 Å². The third-order valence-electron chi connectivity index (χ3n) is 3.88. The first-order chi connectivity index (χ1) is 10.1. The molecule has 0 fully saturated rings. The summed E-state index contributed by atoms with van der Waals surface area (Å²) in [6, 6.07) is 16.8. The number of rotatable bonds is 4. The molecule has 0 aliphatic rings. The van der Waals surface area contributed by atoms with Crippen LogP contribution in [0.25, 0.3) is 10.9 Å². The number of aryl methyl sites for hydroxylation is 1. The third-order valence-corrected chi connectivity index (χ3v) is 3.88. The van der Waals surface area contributed by atoms with Crippen molar-refractivity contribution in [3.63, 3.8) is 0 Å². The van der Waals surface area contributed by atoms with E-state index in [9.17, 15) is 0 Å². The van der Waals surface area contributed by atoms with E-state index in [0.717, 1.165) is 5.75 Å². The molecule has 21 heavy (non-hydrogen) atoms. The molecule has 1 heterocycles. The van der Waals surface area contributed by atoms with Crippen LogP contribution in [0, 0.1) is 0 Å². The van der Waals surface area contributed by atoms with Crippen molar-refractivity contribution in [2.24, 2.45) is 7.05 Å². The van der Waals surface area contributed by atoms with Crippen LogP contribution >= 0.6 is 0 Å². The van der Waals surface area contributed by atoms with Crippen LogP contribution in [0.15, 0.2) is 54.7 Å². The van der Waals surface area contributed by atoms with E-state index in [4.69, 9.17) is 4.74 Å². The first-order valence-corrected chi connectivity index (χ1v) is 7.41. The van der Waals surface area contributed by atoms with Crippen LogP contribution in [0.3, 0.4) is 0 Å². The highest BCUT2D eigenvalue weighted by molar-refractivity contribution is 5.83. The molecule has 0 aliphatic carbocycles. The fourth-order valence-electron chi connectivity index (χ4n) is 2.62. The zero-order valence-corrected chi connectivity index (χ0v) is 12.8. The van der Waals surface area contributed by atoms with Gasteiger partial charge >= 0.3 is 0 Å². The van der Waals surface area contributed by atoms with Gasteiger partial charge in [0.2, 0.25) is 0 Å². The highest BCUT2D eigenvalue weighted by Crippen LogP contribution is 2.32. The van der Waals surface area contributed by atoms with Crippen molar-refractivity contribution in [3.8, 4) is 5.75 Å².